The van der Waals surface area contributed by atoms with Gasteiger partial charge in [-0.1, -0.05) is 31.5 Å². The Morgan fingerprint density at radius 3 is 2.59 bits per heavy atom. The van der Waals surface area contributed by atoms with E-state index < -0.39 is 6.10 Å². The number of esters is 1. The fourth-order valence-corrected chi connectivity index (χ4v) is 1.71. The van der Waals surface area contributed by atoms with Gasteiger partial charge < -0.3 is 9.84 Å². The number of aliphatic hydroxyl groups excluding tert-OH is 1. The van der Waals surface area contributed by atoms with Crippen molar-refractivity contribution in [2.24, 2.45) is 0 Å². The minimum Gasteiger partial charge on any atom is -0.459 e. The summed E-state index contributed by atoms with van der Waals surface area (Å²) in [5, 5.41) is 9.61. The van der Waals surface area contributed by atoms with Crippen molar-refractivity contribution in [2.45, 2.75) is 45.3 Å². The van der Waals surface area contributed by atoms with Gasteiger partial charge in [0.05, 0.1) is 11.7 Å². The van der Waals surface area contributed by atoms with E-state index in [0.717, 1.165) is 12.8 Å². The van der Waals surface area contributed by atoms with Gasteiger partial charge in [-0.25, -0.2) is 4.79 Å². The maximum absolute atomic E-state index is 11.7. The summed E-state index contributed by atoms with van der Waals surface area (Å²) in [6.45, 7) is 3.82. The molecular weight excluding hydrogens is 216 g/mol. The maximum atomic E-state index is 11.7. The van der Waals surface area contributed by atoms with Gasteiger partial charge in [-0.15, -0.1) is 0 Å². The predicted octanol–water partition coefficient (Wildman–Crippen LogP) is 2.78. The lowest BCUT2D eigenvalue weighted by Gasteiger charge is -2.16. The van der Waals surface area contributed by atoms with Crippen LogP contribution >= 0.6 is 0 Å². The predicted molar refractivity (Wildman–Crippen MR) is 66.9 cm³/mol. The van der Waals surface area contributed by atoms with E-state index in [-0.39, 0.29) is 12.1 Å². The largest absolute Gasteiger partial charge is 0.459 e. The van der Waals surface area contributed by atoms with Crippen molar-refractivity contribution in [1.82, 2.24) is 0 Å². The number of ether oxygens (including phenoxy) is 1. The summed E-state index contributed by atoms with van der Waals surface area (Å²) in [4.78, 5) is 11.7. The third-order valence-corrected chi connectivity index (χ3v) is 2.54. The van der Waals surface area contributed by atoms with Crippen LogP contribution < -0.4 is 0 Å². The molecule has 1 aromatic rings. The third-order valence-electron chi connectivity index (χ3n) is 2.54. The first kappa shape index (κ1) is 13.7. The first-order valence-corrected chi connectivity index (χ1v) is 6.07. The van der Waals surface area contributed by atoms with E-state index in [1.54, 1.807) is 31.2 Å². The van der Waals surface area contributed by atoms with E-state index in [1.165, 1.54) is 0 Å². The molecule has 17 heavy (non-hydrogen) atoms. The third kappa shape index (κ3) is 5.00. The number of benzene rings is 1. The van der Waals surface area contributed by atoms with Crippen LogP contribution in [0.2, 0.25) is 0 Å². The minimum absolute atomic E-state index is 0.260. The molecule has 0 aliphatic rings. The Labute approximate surface area is 102 Å². The molecule has 0 saturated heterocycles. The summed E-state index contributed by atoms with van der Waals surface area (Å²) in [6, 6.07) is 8.89. The van der Waals surface area contributed by atoms with Crippen LogP contribution in [0.1, 0.15) is 43.5 Å². The summed E-state index contributed by atoms with van der Waals surface area (Å²) in [6.07, 6.45) is 1.52. The summed E-state index contributed by atoms with van der Waals surface area (Å²) in [7, 11) is 0. The molecule has 94 valence electrons. The molecule has 0 aliphatic heterocycles. The Morgan fingerprint density at radius 1 is 1.35 bits per heavy atom. The number of hydrogen-bond acceptors (Lipinski definition) is 3. The Hall–Kier alpha value is -1.35. The normalized spacial score (nSPS) is 14.1. The number of carbonyl (C=O) groups excluding carboxylic acids is 1. The fourth-order valence-electron chi connectivity index (χ4n) is 1.71. The van der Waals surface area contributed by atoms with E-state index in [9.17, 15) is 9.90 Å². The van der Waals surface area contributed by atoms with Crippen molar-refractivity contribution in [2.75, 3.05) is 0 Å². The molecule has 0 saturated carbocycles. The van der Waals surface area contributed by atoms with Crippen molar-refractivity contribution in [3.63, 3.8) is 0 Å². The molecule has 1 rings (SSSR count). The molecule has 0 spiro atoms. The summed E-state index contributed by atoms with van der Waals surface area (Å²) in [5.74, 6) is -0.332. The van der Waals surface area contributed by atoms with Gasteiger partial charge in [-0.3, -0.25) is 0 Å². The first-order chi connectivity index (χ1) is 8.13. The molecule has 1 aromatic carbocycles. The highest BCUT2D eigenvalue weighted by atomic mass is 16.5. The van der Waals surface area contributed by atoms with Crippen LogP contribution in [-0.4, -0.2) is 23.3 Å². The molecule has 0 aliphatic carbocycles. The fraction of sp³-hybridized carbons (Fsp3) is 0.500. The second-order valence-electron chi connectivity index (χ2n) is 4.26. The van der Waals surface area contributed by atoms with Crippen molar-refractivity contribution >= 4 is 5.97 Å². The van der Waals surface area contributed by atoms with E-state index >= 15 is 0 Å². The average molecular weight is 236 g/mol. The van der Waals surface area contributed by atoms with Crippen LogP contribution in [0, 0.1) is 0 Å². The van der Waals surface area contributed by atoms with Gasteiger partial charge in [-0.2, -0.15) is 0 Å². The van der Waals surface area contributed by atoms with Crippen LogP contribution in [0.25, 0.3) is 0 Å². The van der Waals surface area contributed by atoms with E-state index in [2.05, 4.69) is 0 Å². The zero-order valence-corrected chi connectivity index (χ0v) is 10.4. The van der Waals surface area contributed by atoms with Gasteiger partial charge in [-0.05, 0) is 25.5 Å². The van der Waals surface area contributed by atoms with Crippen LogP contribution in [0.3, 0.4) is 0 Å². The standard InChI is InChI=1S/C14H20O3/c1-3-7-13(15)10-11(2)17-14(16)12-8-5-4-6-9-12/h4-6,8-9,11,13,15H,3,7,10H2,1-2H3. The quantitative estimate of drug-likeness (QED) is 0.772. The molecule has 3 nitrogen and oxygen atoms in total. The monoisotopic (exact) mass is 236 g/mol. The first-order valence-electron chi connectivity index (χ1n) is 6.07. The van der Waals surface area contributed by atoms with Crippen LogP contribution in [0.5, 0.6) is 0 Å². The van der Waals surface area contributed by atoms with Gasteiger partial charge in [0, 0.05) is 6.42 Å². The van der Waals surface area contributed by atoms with Crippen LogP contribution in [-0.2, 0) is 4.74 Å². The SMILES string of the molecule is CCCC(O)CC(C)OC(=O)c1ccccc1. The zero-order valence-electron chi connectivity index (χ0n) is 10.4. The second-order valence-corrected chi connectivity index (χ2v) is 4.26. The average Bonchev–Trinajstić information content (AvgIpc) is 2.30. The van der Waals surface area contributed by atoms with Crippen LogP contribution in [0.4, 0.5) is 0 Å². The maximum Gasteiger partial charge on any atom is 0.338 e. The Kier molecular flexibility index (Phi) is 5.70. The lowest BCUT2D eigenvalue weighted by atomic mass is 10.1. The van der Waals surface area contributed by atoms with Gasteiger partial charge in [0.25, 0.3) is 0 Å². The lowest BCUT2D eigenvalue weighted by Crippen LogP contribution is -2.21. The Balaban J connectivity index is 2.41. The zero-order chi connectivity index (χ0) is 12.7. The second kappa shape index (κ2) is 7.07. The molecule has 2 unspecified atom stereocenters. The topological polar surface area (TPSA) is 46.5 Å². The van der Waals surface area contributed by atoms with Gasteiger partial charge in [0.2, 0.25) is 0 Å². The van der Waals surface area contributed by atoms with Crippen molar-refractivity contribution < 1.29 is 14.6 Å². The van der Waals surface area contributed by atoms with E-state index in [0.29, 0.717) is 12.0 Å². The molecule has 2 atom stereocenters. The molecule has 0 radical (unpaired) electrons. The van der Waals surface area contributed by atoms with Crippen molar-refractivity contribution in [1.29, 1.82) is 0 Å². The molecular formula is C14H20O3. The molecule has 1 N–H and O–H groups in total. The number of hydrogen-bond donors (Lipinski definition) is 1. The number of carbonyl (C=O) groups is 1. The number of rotatable bonds is 6. The summed E-state index contributed by atoms with van der Waals surface area (Å²) < 4.78 is 5.25. The smallest absolute Gasteiger partial charge is 0.338 e. The van der Waals surface area contributed by atoms with Gasteiger partial charge in [0.1, 0.15) is 6.10 Å². The highest BCUT2D eigenvalue weighted by molar-refractivity contribution is 5.89. The van der Waals surface area contributed by atoms with Gasteiger partial charge >= 0.3 is 5.97 Å². The molecule has 0 bridgehead atoms. The van der Waals surface area contributed by atoms with Gasteiger partial charge in [0.15, 0.2) is 0 Å². The Bertz CT molecular complexity index is 335. The molecule has 0 heterocycles. The summed E-state index contributed by atoms with van der Waals surface area (Å²) in [5.41, 5.74) is 0.546. The van der Waals surface area contributed by atoms with Crippen molar-refractivity contribution in [3.05, 3.63) is 35.9 Å². The highest BCUT2D eigenvalue weighted by Crippen LogP contribution is 2.10. The Morgan fingerprint density at radius 2 is 2.00 bits per heavy atom. The summed E-state index contributed by atoms with van der Waals surface area (Å²) >= 11 is 0. The van der Waals surface area contributed by atoms with Crippen molar-refractivity contribution in [3.8, 4) is 0 Å². The molecule has 3 heteroatoms. The molecule has 0 amide bonds. The number of aliphatic hydroxyl groups is 1. The van der Waals surface area contributed by atoms with E-state index in [1.807, 2.05) is 13.0 Å². The molecule has 0 fully saturated rings. The minimum atomic E-state index is -0.390. The lowest BCUT2D eigenvalue weighted by molar-refractivity contribution is 0.0190. The van der Waals surface area contributed by atoms with Crippen LogP contribution in [0.15, 0.2) is 30.3 Å². The van der Waals surface area contributed by atoms with E-state index in [4.69, 9.17) is 4.74 Å². The molecule has 0 aromatic heterocycles. The highest BCUT2D eigenvalue weighted by Gasteiger charge is 2.14.